The fraction of sp³-hybridized carbons (Fsp3) is 0.773. The van der Waals surface area contributed by atoms with E-state index in [0.717, 1.165) is 50.4 Å². The maximum atomic E-state index is 12.3. The highest BCUT2D eigenvalue weighted by molar-refractivity contribution is 5.81. The minimum absolute atomic E-state index is 0.187. The van der Waals surface area contributed by atoms with E-state index in [1.165, 1.54) is 0 Å². The number of ether oxygens (including phenoxy) is 1. The zero-order chi connectivity index (χ0) is 21.6. The number of hydrogen-bond acceptors (Lipinski definition) is 5. The van der Waals surface area contributed by atoms with Crippen LogP contribution in [0.3, 0.4) is 0 Å². The summed E-state index contributed by atoms with van der Waals surface area (Å²) in [7, 11) is 1.91. The fourth-order valence-corrected chi connectivity index (χ4v) is 5.09. The molecule has 8 heteroatoms. The molecule has 2 atom stereocenters. The van der Waals surface area contributed by atoms with E-state index in [0.29, 0.717) is 31.0 Å². The Morgan fingerprint density at radius 3 is 2.50 bits per heavy atom. The Hall–Kier alpha value is -2.25. The Balaban J connectivity index is 1.37. The molecular formula is C22H35N5O3. The van der Waals surface area contributed by atoms with Crippen molar-refractivity contribution in [3.05, 3.63) is 11.8 Å². The highest BCUT2D eigenvalue weighted by Gasteiger charge is 2.42. The summed E-state index contributed by atoms with van der Waals surface area (Å²) in [5.41, 5.74) is 0.690. The van der Waals surface area contributed by atoms with Crippen molar-refractivity contribution in [2.75, 3.05) is 44.7 Å². The van der Waals surface area contributed by atoms with E-state index in [2.05, 4.69) is 22.6 Å². The second kappa shape index (κ2) is 7.78. The van der Waals surface area contributed by atoms with Gasteiger partial charge in [-0.3, -0.25) is 9.48 Å². The van der Waals surface area contributed by atoms with Crippen LogP contribution in [0.1, 0.15) is 51.8 Å². The third-order valence-electron chi connectivity index (χ3n) is 6.63. The first kappa shape index (κ1) is 21.0. The van der Waals surface area contributed by atoms with Crippen LogP contribution < -0.4 is 4.90 Å². The van der Waals surface area contributed by atoms with Gasteiger partial charge in [-0.05, 0) is 47.0 Å². The van der Waals surface area contributed by atoms with E-state index in [1.807, 2.05) is 32.7 Å². The van der Waals surface area contributed by atoms with E-state index in [4.69, 9.17) is 9.84 Å². The molecule has 0 spiro atoms. The Kier molecular flexibility index (Phi) is 5.45. The van der Waals surface area contributed by atoms with Gasteiger partial charge in [0.25, 0.3) is 0 Å². The number of piperidine rings is 2. The highest BCUT2D eigenvalue weighted by Crippen LogP contribution is 2.34. The molecule has 3 aliphatic rings. The Morgan fingerprint density at radius 2 is 1.83 bits per heavy atom. The molecule has 8 nitrogen and oxygen atoms in total. The monoisotopic (exact) mass is 417 g/mol. The van der Waals surface area contributed by atoms with Crippen molar-refractivity contribution in [2.24, 2.45) is 11.8 Å². The average Bonchev–Trinajstić information content (AvgIpc) is 3.20. The molecule has 0 radical (unpaired) electrons. The van der Waals surface area contributed by atoms with Gasteiger partial charge in [-0.2, -0.15) is 5.10 Å². The summed E-state index contributed by atoms with van der Waals surface area (Å²) in [6, 6.07) is 2.47. The molecule has 0 bridgehead atoms. The molecular weight excluding hydrogens is 382 g/mol. The first-order valence-electron chi connectivity index (χ1n) is 11.2. The molecule has 0 saturated carbocycles. The number of hydrogen-bond donors (Lipinski definition) is 0. The standard InChI is InChI=1S/C22H35N5O3/c1-15-12-19(26-11-8-18-16(14-26)13-24(5)20(18)28)23-27(15)17-6-9-25(10-7-17)21(29)30-22(2,3)4/h12,16-18H,6-11,13-14H2,1-5H3. The number of anilines is 1. The quantitative estimate of drug-likeness (QED) is 0.740. The smallest absolute Gasteiger partial charge is 0.410 e. The van der Waals surface area contributed by atoms with Crippen molar-refractivity contribution in [1.29, 1.82) is 0 Å². The van der Waals surface area contributed by atoms with Crippen LogP contribution in [0.2, 0.25) is 0 Å². The van der Waals surface area contributed by atoms with Crippen molar-refractivity contribution in [3.63, 3.8) is 0 Å². The SMILES string of the molecule is Cc1cc(N2CCC3C(=O)N(C)CC3C2)nn1C1CCN(C(=O)OC(C)(C)C)CC1. The minimum Gasteiger partial charge on any atom is -0.444 e. The van der Waals surface area contributed by atoms with E-state index in [-0.39, 0.29) is 12.0 Å². The number of aryl methyl sites for hydroxylation is 1. The first-order chi connectivity index (χ1) is 14.1. The lowest BCUT2D eigenvalue weighted by Crippen LogP contribution is -2.42. The number of rotatable bonds is 2. The van der Waals surface area contributed by atoms with Gasteiger partial charge in [-0.1, -0.05) is 0 Å². The van der Waals surface area contributed by atoms with Gasteiger partial charge in [-0.25, -0.2) is 4.79 Å². The molecule has 4 rings (SSSR count). The summed E-state index contributed by atoms with van der Waals surface area (Å²) >= 11 is 0. The van der Waals surface area contributed by atoms with Crippen molar-refractivity contribution in [1.82, 2.24) is 19.6 Å². The predicted molar refractivity (Wildman–Crippen MR) is 114 cm³/mol. The third-order valence-corrected chi connectivity index (χ3v) is 6.63. The number of nitrogens with zero attached hydrogens (tertiary/aromatic N) is 5. The molecule has 4 heterocycles. The zero-order valence-corrected chi connectivity index (χ0v) is 18.9. The summed E-state index contributed by atoms with van der Waals surface area (Å²) in [6.07, 6.45) is 2.45. The first-order valence-corrected chi connectivity index (χ1v) is 11.2. The number of amides is 2. The lowest BCUT2D eigenvalue weighted by atomic mass is 9.88. The largest absolute Gasteiger partial charge is 0.444 e. The molecule has 1 aromatic rings. The van der Waals surface area contributed by atoms with Crippen molar-refractivity contribution < 1.29 is 14.3 Å². The van der Waals surface area contributed by atoms with E-state index < -0.39 is 5.60 Å². The van der Waals surface area contributed by atoms with Gasteiger partial charge in [0.1, 0.15) is 5.60 Å². The van der Waals surface area contributed by atoms with Crippen LogP contribution in [0, 0.1) is 18.8 Å². The number of fused-ring (bicyclic) bond motifs is 1. The topological polar surface area (TPSA) is 70.9 Å². The van der Waals surface area contributed by atoms with Crippen LogP contribution in [0.4, 0.5) is 10.6 Å². The van der Waals surface area contributed by atoms with Gasteiger partial charge in [0.05, 0.1) is 6.04 Å². The summed E-state index contributed by atoms with van der Waals surface area (Å²) in [4.78, 5) is 30.6. The molecule has 0 aromatic carbocycles. The van der Waals surface area contributed by atoms with Gasteiger partial charge >= 0.3 is 6.09 Å². The van der Waals surface area contributed by atoms with Gasteiger partial charge in [0.2, 0.25) is 5.91 Å². The summed E-state index contributed by atoms with van der Waals surface area (Å²) in [6.45, 7) is 11.8. The van der Waals surface area contributed by atoms with E-state index in [9.17, 15) is 9.59 Å². The third kappa shape index (κ3) is 4.14. The number of aromatic nitrogens is 2. The molecule has 2 unspecified atom stereocenters. The maximum Gasteiger partial charge on any atom is 0.410 e. The summed E-state index contributed by atoms with van der Waals surface area (Å²) < 4.78 is 7.64. The lowest BCUT2D eigenvalue weighted by Gasteiger charge is -2.34. The van der Waals surface area contributed by atoms with Crippen LogP contribution in [0.5, 0.6) is 0 Å². The van der Waals surface area contributed by atoms with Crippen molar-refractivity contribution >= 4 is 17.8 Å². The molecule has 3 fully saturated rings. The molecule has 0 N–H and O–H groups in total. The second-order valence-corrected chi connectivity index (χ2v) is 10.1. The summed E-state index contributed by atoms with van der Waals surface area (Å²) in [5.74, 6) is 1.91. The van der Waals surface area contributed by atoms with Crippen LogP contribution in [0.25, 0.3) is 0 Å². The summed E-state index contributed by atoms with van der Waals surface area (Å²) in [5, 5.41) is 4.95. The molecule has 3 aliphatic heterocycles. The van der Waals surface area contributed by atoms with E-state index in [1.54, 1.807) is 4.90 Å². The zero-order valence-electron chi connectivity index (χ0n) is 18.9. The number of carbonyl (C=O) groups is 2. The predicted octanol–water partition coefficient (Wildman–Crippen LogP) is 2.68. The fourth-order valence-electron chi connectivity index (χ4n) is 5.09. The average molecular weight is 418 g/mol. The van der Waals surface area contributed by atoms with Gasteiger partial charge < -0.3 is 19.4 Å². The van der Waals surface area contributed by atoms with Gasteiger partial charge in [0, 0.05) is 63.4 Å². The second-order valence-electron chi connectivity index (χ2n) is 10.1. The Labute approximate surface area is 179 Å². The molecule has 30 heavy (non-hydrogen) atoms. The van der Waals surface area contributed by atoms with Crippen LogP contribution in [-0.4, -0.2) is 77.0 Å². The highest BCUT2D eigenvalue weighted by atomic mass is 16.6. The molecule has 3 saturated heterocycles. The maximum absolute atomic E-state index is 12.3. The molecule has 2 amide bonds. The van der Waals surface area contributed by atoms with Gasteiger partial charge in [0.15, 0.2) is 5.82 Å². The Bertz CT molecular complexity index is 806. The van der Waals surface area contributed by atoms with Crippen LogP contribution >= 0.6 is 0 Å². The Morgan fingerprint density at radius 1 is 1.13 bits per heavy atom. The van der Waals surface area contributed by atoms with Gasteiger partial charge in [-0.15, -0.1) is 0 Å². The van der Waals surface area contributed by atoms with Crippen molar-refractivity contribution in [3.8, 4) is 0 Å². The van der Waals surface area contributed by atoms with Crippen LogP contribution in [-0.2, 0) is 9.53 Å². The molecule has 1 aromatic heterocycles. The molecule has 166 valence electrons. The lowest BCUT2D eigenvalue weighted by molar-refractivity contribution is -0.130. The van der Waals surface area contributed by atoms with E-state index >= 15 is 0 Å². The normalized spacial score (nSPS) is 25.6. The minimum atomic E-state index is -0.465. The molecule has 0 aliphatic carbocycles. The van der Waals surface area contributed by atoms with Crippen molar-refractivity contribution in [2.45, 2.75) is 58.6 Å². The number of likely N-dealkylation sites (tertiary alicyclic amines) is 2. The van der Waals surface area contributed by atoms with Crippen LogP contribution in [0.15, 0.2) is 6.07 Å². The number of carbonyl (C=O) groups excluding carboxylic acids is 2.